The van der Waals surface area contributed by atoms with Gasteiger partial charge in [-0.25, -0.2) is 13.4 Å². The minimum absolute atomic E-state index is 0.487. The van der Waals surface area contributed by atoms with Gasteiger partial charge in [-0.1, -0.05) is 13.3 Å². The summed E-state index contributed by atoms with van der Waals surface area (Å²) >= 11 is 0. The molecule has 7 nitrogen and oxygen atoms in total. The summed E-state index contributed by atoms with van der Waals surface area (Å²) in [5, 5.41) is 10.2. The molecule has 138 valence electrons. The highest BCUT2D eigenvalue weighted by Gasteiger charge is 2.37. The molecule has 2 aliphatic heterocycles. The monoisotopic (exact) mass is 371 g/mol. The predicted octanol–water partition coefficient (Wildman–Crippen LogP) is 1.33. The summed E-state index contributed by atoms with van der Waals surface area (Å²) in [5.74, 6) is -1.46. The van der Waals surface area contributed by atoms with Crippen LogP contribution >= 0.6 is 0 Å². The number of benzene rings is 1. The third kappa shape index (κ3) is 3.72. The van der Waals surface area contributed by atoms with Gasteiger partial charge in [0.05, 0.1) is 0 Å². The molecule has 9 heteroatoms. The Morgan fingerprint density at radius 2 is 2.16 bits per heavy atom. The van der Waals surface area contributed by atoms with Crippen LogP contribution in [0.4, 0.5) is 10.1 Å². The Morgan fingerprint density at radius 3 is 2.76 bits per heavy atom. The van der Waals surface area contributed by atoms with Gasteiger partial charge in [-0.3, -0.25) is 9.69 Å². The number of hydrogen-bond donors (Lipinski definition) is 2. The van der Waals surface area contributed by atoms with Crippen molar-refractivity contribution in [1.82, 2.24) is 9.62 Å². The fraction of sp³-hybridized carbons (Fsp3) is 0.562. The Labute approximate surface area is 146 Å². The number of nitrogens with zero attached hydrogens (tertiary/aromatic N) is 2. The highest BCUT2D eigenvalue weighted by atomic mass is 32.2. The van der Waals surface area contributed by atoms with E-state index in [2.05, 4.69) is 11.8 Å². The minimum Gasteiger partial charge on any atom is -0.506 e. The molecule has 3 rings (SSSR count). The van der Waals surface area contributed by atoms with Gasteiger partial charge in [0, 0.05) is 13.1 Å². The smallest absolute Gasteiger partial charge is 0.326 e. The molecule has 2 heterocycles. The number of hydrogen-bond acceptors (Lipinski definition) is 5. The van der Waals surface area contributed by atoms with E-state index in [0.717, 1.165) is 25.9 Å². The molecular formula is C16H22FN3O4S. The van der Waals surface area contributed by atoms with Gasteiger partial charge in [-0.2, -0.15) is 8.42 Å². The van der Waals surface area contributed by atoms with Gasteiger partial charge in [0.2, 0.25) is 0 Å². The van der Waals surface area contributed by atoms with E-state index >= 15 is 0 Å². The van der Waals surface area contributed by atoms with E-state index in [4.69, 9.17) is 0 Å². The zero-order valence-electron chi connectivity index (χ0n) is 14.0. The van der Waals surface area contributed by atoms with Crippen LogP contribution < -0.4 is 9.03 Å². The molecule has 0 aliphatic carbocycles. The number of phenols is 1. The molecule has 1 aromatic carbocycles. The fourth-order valence-electron chi connectivity index (χ4n) is 3.58. The maximum atomic E-state index is 14.5. The summed E-state index contributed by atoms with van der Waals surface area (Å²) in [6.07, 6.45) is 3.42. The van der Waals surface area contributed by atoms with Crippen LogP contribution in [0, 0.1) is 11.7 Å². The molecule has 0 radical (unpaired) electrons. The van der Waals surface area contributed by atoms with Gasteiger partial charge >= 0.3 is 10.2 Å². The lowest BCUT2D eigenvalue weighted by molar-refractivity contribution is -0.117. The van der Waals surface area contributed by atoms with Crippen LogP contribution in [0.25, 0.3) is 0 Å². The van der Waals surface area contributed by atoms with Crippen molar-refractivity contribution in [2.24, 2.45) is 5.92 Å². The Morgan fingerprint density at radius 1 is 1.40 bits per heavy atom. The Kier molecular flexibility index (Phi) is 4.88. The van der Waals surface area contributed by atoms with Crippen LogP contribution in [0.5, 0.6) is 5.75 Å². The number of carbonyl (C=O) groups is 1. The number of likely N-dealkylation sites (tertiary alicyclic amines) is 1. The van der Waals surface area contributed by atoms with Crippen molar-refractivity contribution in [3.8, 4) is 5.75 Å². The van der Waals surface area contributed by atoms with E-state index in [1.165, 1.54) is 18.6 Å². The van der Waals surface area contributed by atoms with Crippen molar-refractivity contribution in [2.75, 3.05) is 23.9 Å². The summed E-state index contributed by atoms with van der Waals surface area (Å²) in [6.45, 7) is 3.97. The van der Waals surface area contributed by atoms with Crippen molar-refractivity contribution < 1.29 is 22.7 Å². The molecule has 0 bridgehead atoms. The second kappa shape index (κ2) is 6.80. The molecule has 0 saturated carbocycles. The standard InChI is InChI=1S/C16H22FN3O4S/c1-2-3-11-4-5-19(8-11)9-12-6-13(17)16(14(21)7-12)20-10-15(22)18-25(20,23)24/h6-7,11,21H,2-5,8-10H2,1H3,(H,18,22). The van der Waals surface area contributed by atoms with Crippen molar-refractivity contribution in [3.05, 3.63) is 23.5 Å². The molecular weight excluding hydrogens is 349 g/mol. The van der Waals surface area contributed by atoms with E-state index in [9.17, 15) is 22.7 Å². The largest absolute Gasteiger partial charge is 0.506 e. The molecule has 1 atom stereocenters. The SMILES string of the molecule is CCCC1CCN(Cc2cc(O)c(N3CC(=O)NS3(=O)=O)c(F)c2)C1. The van der Waals surface area contributed by atoms with E-state index < -0.39 is 39.9 Å². The summed E-state index contributed by atoms with van der Waals surface area (Å²) in [7, 11) is -4.16. The quantitative estimate of drug-likeness (QED) is 0.815. The molecule has 1 unspecified atom stereocenters. The number of amides is 1. The second-order valence-electron chi connectivity index (χ2n) is 6.66. The van der Waals surface area contributed by atoms with Crippen LogP contribution in [-0.4, -0.2) is 44.0 Å². The van der Waals surface area contributed by atoms with Gasteiger partial charge in [0.15, 0.2) is 5.82 Å². The first-order chi connectivity index (χ1) is 11.8. The molecule has 2 aliphatic rings. The number of nitrogens with one attached hydrogen (secondary N) is 1. The number of rotatable bonds is 5. The van der Waals surface area contributed by atoms with Crippen LogP contribution in [0.15, 0.2) is 12.1 Å². The molecule has 2 saturated heterocycles. The van der Waals surface area contributed by atoms with Gasteiger partial charge in [0.1, 0.15) is 18.0 Å². The highest BCUT2D eigenvalue weighted by molar-refractivity contribution is 7.92. The Hall–Kier alpha value is -1.87. The molecule has 2 fully saturated rings. The first-order valence-corrected chi connectivity index (χ1v) is 9.81. The molecule has 2 N–H and O–H groups in total. The van der Waals surface area contributed by atoms with Crippen LogP contribution in [-0.2, 0) is 21.5 Å². The lowest BCUT2D eigenvalue weighted by Gasteiger charge is -2.20. The average molecular weight is 371 g/mol. The Bertz CT molecular complexity index is 761. The summed E-state index contributed by atoms with van der Waals surface area (Å²) in [4.78, 5) is 13.5. The van der Waals surface area contributed by atoms with Crippen molar-refractivity contribution in [3.63, 3.8) is 0 Å². The second-order valence-corrected chi connectivity index (χ2v) is 8.26. The number of phenolic OH excluding ortho intramolecular Hbond substituents is 1. The fourth-order valence-corrected chi connectivity index (χ4v) is 4.75. The number of anilines is 1. The summed E-state index contributed by atoms with van der Waals surface area (Å²) in [6, 6.07) is 2.59. The summed E-state index contributed by atoms with van der Waals surface area (Å²) in [5.41, 5.74) is 0.0826. The zero-order valence-corrected chi connectivity index (χ0v) is 14.9. The topological polar surface area (TPSA) is 89.9 Å². The van der Waals surface area contributed by atoms with Gasteiger partial charge in [-0.05, 0) is 43.0 Å². The van der Waals surface area contributed by atoms with Crippen LogP contribution in [0.2, 0.25) is 0 Å². The van der Waals surface area contributed by atoms with Crippen LogP contribution in [0.3, 0.4) is 0 Å². The third-order valence-electron chi connectivity index (χ3n) is 4.65. The Balaban J connectivity index is 1.78. The van der Waals surface area contributed by atoms with Gasteiger partial charge in [0.25, 0.3) is 5.91 Å². The lowest BCUT2D eigenvalue weighted by Crippen LogP contribution is -2.30. The lowest BCUT2D eigenvalue weighted by atomic mass is 10.0. The highest BCUT2D eigenvalue weighted by Crippen LogP contribution is 2.35. The van der Waals surface area contributed by atoms with Gasteiger partial charge in [-0.15, -0.1) is 0 Å². The molecule has 1 aromatic rings. The van der Waals surface area contributed by atoms with E-state index in [1.54, 1.807) is 4.72 Å². The van der Waals surface area contributed by atoms with Crippen LogP contribution in [0.1, 0.15) is 31.7 Å². The number of aromatic hydroxyl groups is 1. The first-order valence-electron chi connectivity index (χ1n) is 8.37. The molecule has 0 aromatic heterocycles. The molecule has 0 spiro atoms. The normalized spacial score (nSPS) is 23.2. The third-order valence-corrected chi connectivity index (χ3v) is 6.02. The maximum Gasteiger partial charge on any atom is 0.326 e. The molecule has 1 amide bonds. The van der Waals surface area contributed by atoms with Crippen molar-refractivity contribution in [1.29, 1.82) is 0 Å². The first kappa shape index (κ1) is 17.9. The zero-order chi connectivity index (χ0) is 18.2. The van der Waals surface area contributed by atoms with Crippen molar-refractivity contribution >= 4 is 21.8 Å². The van der Waals surface area contributed by atoms with E-state index in [-0.39, 0.29) is 0 Å². The number of halogens is 1. The van der Waals surface area contributed by atoms with Crippen molar-refractivity contribution in [2.45, 2.75) is 32.7 Å². The maximum absolute atomic E-state index is 14.5. The number of carbonyl (C=O) groups excluding carboxylic acids is 1. The van der Waals surface area contributed by atoms with E-state index in [0.29, 0.717) is 22.3 Å². The average Bonchev–Trinajstić information content (AvgIpc) is 3.02. The van der Waals surface area contributed by atoms with E-state index in [1.807, 2.05) is 0 Å². The minimum atomic E-state index is -4.16. The molecule has 25 heavy (non-hydrogen) atoms. The van der Waals surface area contributed by atoms with Gasteiger partial charge < -0.3 is 5.11 Å². The summed E-state index contributed by atoms with van der Waals surface area (Å²) < 4.78 is 40.5. The predicted molar refractivity (Wildman–Crippen MR) is 90.8 cm³/mol.